The third-order valence-corrected chi connectivity index (χ3v) is 4.33. The molecule has 1 N–H and O–H groups in total. The molecule has 0 aliphatic carbocycles. The molecular formula is C19H20ClN3O3. The van der Waals surface area contributed by atoms with Crippen LogP contribution in [0.1, 0.15) is 35.5 Å². The van der Waals surface area contributed by atoms with Gasteiger partial charge in [0.1, 0.15) is 17.5 Å². The van der Waals surface area contributed by atoms with Gasteiger partial charge < -0.3 is 9.73 Å². The van der Waals surface area contributed by atoms with Crippen LogP contribution in [0.2, 0.25) is 5.02 Å². The van der Waals surface area contributed by atoms with Gasteiger partial charge in [-0.1, -0.05) is 31.5 Å². The van der Waals surface area contributed by atoms with E-state index in [1.165, 1.54) is 10.9 Å². The van der Waals surface area contributed by atoms with Crippen molar-refractivity contribution >= 4 is 34.3 Å². The number of hydrogen-bond donors (Lipinski definition) is 1. The number of amides is 1. The van der Waals surface area contributed by atoms with Crippen LogP contribution in [0, 0.1) is 19.8 Å². The van der Waals surface area contributed by atoms with E-state index in [0.717, 1.165) is 5.56 Å². The molecule has 26 heavy (non-hydrogen) atoms. The van der Waals surface area contributed by atoms with Crippen LogP contribution in [0.15, 0.2) is 33.7 Å². The molecule has 7 heteroatoms. The zero-order valence-electron chi connectivity index (χ0n) is 15.1. The summed E-state index contributed by atoms with van der Waals surface area (Å²) in [7, 11) is 0. The zero-order chi connectivity index (χ0) is 19.0. The molecule has 0 bridgehead atoms. The van der Waals surface area contributed by atoms with Gasteiger partial charge in [0.15, 0.2) is 0 Å². The number of benzene rings is 1. The Labute approximate surface area is 155 Å². The highest BCUT2D eigenvalue weighted by molar-refractivity contribution is 6.34. The van der Waals surface area contributed by atoms with E-state index in [4.69, 9.17) is 16.0 Å². The second kappa shape index (κ2) is 6.96. The van der Waals surface area contributed by atoms with Crippen molar-refractivity contribution in [1.29, 1.82) is 0 Å². The number of hydrogen-bond acceptors (Lipinski definition) is 4. The number of aryl methyl sites for hydroxylation is 2. The minimum atomic E-state index is -0.451. The fourth-order valence-electron chi connectivity index (χ4n) is 2.84. The first kappa shape index (κ1) is 18.2. The summed E-state index contributed by atoms with van der Waals surface area (Å²) in [5.41, 5.74) is 1.52. The molecule has 0 spiro atoms. The second-order valence-corrected chi connectivity index (χ2v) is 7.15. The minimum Gasteiger partial charge on any atom is -0.442 e. The van der Waals surface area contributed by atoms with Gasteiger partial charge in [-0.25, -0.2) is 4.98 Å². The van der Waals surface area contributed by atoms with E-state index in [0.29, 0.717) is 23.0 Å². The summed E-state index contributed by atoms with van der Waals surface area (Å²) in [5.74, 6) is 0.157. The molecule has 0 fully saturated rings. The molecular weight excluding hydrogens is 354 g/mol. The first-order valence-corrected chi connectivity index (χ1v) is 8.71. The molecule has 0 saturated heterocycles. The summed E-state index contributed by atoms with van der Waals surface area (Å²) in [6.45, 7) is 8.07. The smallest absolute Gasteiger partial charge is 0.265 e. The first-order valence-electron chi connectivity index (χ1n) is 8.34. The SMILES string of the molecule is Cc1ccc(NC(=O)c2c(C)oc3ncn(CC(C)C)c(=O)c23)c(Cl)c1. The molecule has 2 heterocycles. The van der Waals surface area contributed by atoms with Crippen molar-refractivity contribution in [2.45, 2.75) is 34.2 Å². The standard InChI is InChI=1S/C19H20ClN3O3/c1-10(2)8-23-9-21-18-16(19(23)25)15(12(4)26-18)17(24)22-14-6-5-11(3)7-13(14)20/h5-7,9-10H,8H2,1-4H3,(H,22,24). The van der Waals surface area contributed by atoms with Gasteiger partial charge in [0.25, 0.3) is 11.5 Å². The van der Waals surface area contributed by atoms with E-state index in [2.05, 4.69) is 10.3 Å². The van der Waals surface area contributed by atoms with Crippen molar-refractivity contribution < 1.29 is 9.21 Å². The van der Waals surface area contributed by atoms with Gasteiger partial charge in [-0.05, 0) is 37.5 Å². The van der Waals surface area contributed by atoms with E-state index >= 15 is 0 Å². The predicted octanol–water partition coefficient (Wildman–Crippen LogP) is 4.17. The van der Waals surface area contributed by atoms with Crippen molar-refractivity contribution in [1.82, 2.24) is 9.55 Å². The Morgan fingerprint density at radius 3 is 2.73 bits per heavy atom. The number of anilines is 1. The molecule has 1 amide bonds. The summed E-state index contributed by atoms with van der Waals surface area (Å²) >= 11 is 6.19. The normalized spacial score (nSPS) is 11.3. The van der Waals surface area contributed by atoms with Gasteiger partial charge in [-0.2, -0.15) is 0 Å². The van der Waals surface area contributed by atoms with Crippen LogP contribution < -0.4 is 10.9 Å². The van der Waals surface area contributed by atoms with Crippen molar-refractivity contribution in [2.24, 2.45) is 5.92 Å². The Hall–Kier alpha value is -2.60. The largest absolute Gasteiger partial charge is 0.442 e. The van der Waals surface area contributed by atoms with Gasteiger partial charge in [-0.3, -0.25) is 14.2 Å². The fourth-order valence-corrected chi connectivity index (χ4v) is 3.12. The number of fused-ring (bicyclic) bond motifs is 1. The summed E-state index contributed by atoms with van der Waals surface area (Å²) in [6.07, 6.45) is 1.45. The summed E-state index contributed by atoms with van der Waals surface area (Å²) in [4.78, 5) is 29.8. The monoisotopic (exact) mass is 373 g/mol. The van der Waals surface area contributed by atoms with Crippen molar-refractivity contribution in [2.75, 3.05) is 5.32 Å². The molecule has 6 nitrogen and oxygen atoms in total. The Morgan fingerprint density at radius 2 is 2.08 bits per heavy atom. The zero-order valence-corrected chi connectivity index (χ0v) is 15.8. The maximum Gasteiger partial charge on any atom is 0.265 e. The quantitative estimate of drug-likeness (QED) is 0.744. The van der Waals surface area contributed by atoms with Crippen LogP contribution >= 0.6 is 11.6 Å². The molecule has 0 aliphatic heterocycles. The summed E-state index contributed by atoms with van der Waals surface area (Å²) < 4.78 is 7.03. The number of halogens is 1. The number of rotatable bonds is 4. The third-order valence-electron chi connectivity index (χ3n) is 4.02. The molecule has 3 aromatic rings. The fraction of sp³-hybridized carbons (Fsp3) is 0.316. The highest BCUT2D eigenvalue weighted by Gasteiger charge is 2.23. The molecule has 0 saturated carbocycles. The van der Waals surface area contributed by atoms with Crippen LogP contribution in [0.3, 0.4) is 0 Å². The Kier molecular flexibility index (Phi) is 4.87. The van der Waals surface area contributed by atoms with E-state index in [-0.39, 0.29) is 28.1 Å². The number of nitrogens with one attached hydrogen (secondary N) is 1. The van der Waals surface area contributed by atoms with Crippen molar-refractivity contribution in [3.63, 3.8) is 0 Å². The Bertz CT molecular complexity index is 1050. The number of aromatic nitrogens is 2. The van der Waals surface area contributed by atoms with Gasteiger partial charge in [-0.15, -0.1) is 0 Å². The topological polar surface area (TPSA) is 77.1 Å². The van der Waals surface area contributed by atoms with Crippen LogP contribution in [0.25, 0.3) is 11.1 Å². The maximum atomic E-state index is 12.8. The van der Waals surface area contributed by atoms with Crippen LogP contribution in [0.5, 0.6) is 0 Å². The van der Waals surface area contributed by atoms with Crippen LogP contribution in [-0.4, -0.2) is 15.5 Å². The lowest BCUT2D eigenvalue weighted by molar-refractivity contribution is 0.102. The van der Waals surface area contributed by atoms with Gasteiger partial charge in [0.2, 0.25) is 5.71 Å². The number of carbonyl (C=O) groups excluding carboxylic acids is 1. The lowest BCUT2D eigenvalue weighted by atomic mass is 10.1. The summed E-state index contributed by atoms with van der Waals surface area (Å²) in [6, 6.07) is 5.33. The van der Waals surface area contributed by atoms with E-state index in [9.17, 15) is 9.59 Å². The van der Waals surface area contributed by atoms with Gasteiger partial charge in [0.05, 0.1) is 16.3 Å². The van der Waals surface area contributed by atoms with Crippen molar-refractivity contribution in [3.05, 3.63) is 56.8 Å². The highest BCUT2D eigenvalue weighted by Crippen LogP contribution is 2.26. The van der Waals surface area contributed by atoms with Gasteiger partial charge in [0, 0.05) is 6.54 Å². The van der Waals surface area contributed by atoms with E-state index in [1.807, 2.05) is 26.8 Å². The van der Waals surface area contributed by atoms with Crippen LogP contribution in [-0.2, 0) is 6.54 Å². The molecule has 0 aliphatic rings. The predicted molar refractivity (Wildman–Crippen MR) is 102 cm³/mol. The van der Waals surface area contributed by atoms with Gasteiger partial charge >= 0.3 is 0 Å². The van der Waals surface area contributed by atoms with E-state index in [1.54, 1.807) is 19.1 Å². The van der Waals surface area contributed by atoms with Crippen molar-refractivity contribution in [3.8, 4) is 0 Å². The summed E-state index contributed by atoms with van der Waals surface area (Å²) in [5, 5.41) is 3.37. The number of carbonyl (C=O) groups is 1. The minimum absolute atomic E-state index is 0.160. The number of furan rings is 1. The van der Waals surface area contributed by atoms with E-state index < -0.39 is 5.91 Å². The number of nitrogens with zero attached hydrogens (tertiary/aromatic N) is 2. The lowest BCUT2D eigenvalue weighted by Gasteiger charge is -2.09. The first-order chi connectivity index (χ1) is 12.3. The molecule has 0 unspecified atom stereocenters. The Balaban J connectivity index is 2.07. The highest BCUT2D eigenvalue weighted by atomic mass is 35.5. The second-order valence-electron chi connectivity index (χ2n) is 6.75. The third kappa shape index (κ3) is 3.37. The molecule has 0 radical (unpaired) electrons. The molecule has 2 aromatic heterocycles. The molecule has 3 rings (SSSR count). The van der Waals surface area contributed by atoms with Crippen LogP contribution in [0.4, 0.5) is 5.69 Å². The molecule has 136 valence electrons. The lowest BCUT2D eigenvalue weighted by Crippen LogP contribution is -2.24. The average Bonchev–Trinajstić information content (AvgIpc) is 2.89. The Morgan fingerprint density at radius 1 is 1.35 bits per heavy atom. The molecule has 1 aromatic carbocycles. The molecule has 0 atom stereocenters. The average molecular weight is 374 g/mol. The maximum absolute atomic E-state index is 12.8.